The van der Waals surface area contributed by atoms with Crippen LogP contribution in [0.1, 0.15) is 45.4 Å². The number of aliphatic hydroxyl groups is 1. The van der Waals surface area contributed by atoms with Crippen LogP contribution in [0, 0.1) is 17.3 Å². The van der Waals surface area contributed by atoms with E-state index in [1.54, 1.807) is 0 Å². The smallest absolute Gasteiger partial charge is 0.0492 e. The molecule has 0 heterocycles. The summed E-state index contributed by atoms with van der Waals surface area (Å²) in [6.07, 6.45) is 8.15. The molecule has 0 aliphatic heterocycles. The SMILES string of the molecule is CC1CCC2CCCCC12CO. The lowest BCUT2D eigenvalue weighted by atomic mass is 9.65. The van der Waals surface area contributed by atoms with Crippen molar-refractivity contribution in [3.8, 4) is 0 Å². The number of fused-ring (bicyclic) bond motifs is 1. The molecule has 2 rings (SSSR count). The molecule has 2 aliphatic carbocycles. The van der Waals surface area contributed by atoms with Crippen LogP contribution < -0.4 is 0 Å². The lowest BCUT2D eigenvalue weighted by Crippen LogP contribution is -2.37. The second kappa shape index (κ2) is 3.02. The Morgan fingerprint density at radius 1 is 1.25 bits per heavy atom. The fourth-order valence-corrected chi connectivity index (χ4v) is 3.52. The molecule has 0 saturated heterocycles. The Labute approximate surface area is 75.2 Å². The molecule has 3 unspecified atom stereocenters. The van der Waals surface area contributed by atoms with Gasteiger partial charge >= 0.3 is 0 Å². The predicted octanol–water partition coefficient (Wildman–Crippen LogP) is 2.59. The van der Waals surface area contributed by atoms with Gasteiger partial charge in [-0.3, -0.25) is 0 Å². The topological polar surface area (TPSA) is 20.2 Å². The first kappa shape index (κ1) is 8.55. The highest BCUT2D eigenvalue weighted by Crippen LogP contribution is 2.55. The van der Waals surface area contributed by atoms with E-state index in [-0.39, 0.29) is 0 Å². The maximum atomic E-state index is 9.52. The second-order valence-corrected chi connectivity index (χ2v) is 4.81. The van der Waals surface area contributed by atoms with Crippen molar-refractivity contribution in [3.05, 3.63) is 0 Å². The van der Waals surface area contributed by atoms with Crippen LogP contribution in [-0.4, -0.2) is 11.7 Å². The highest BCUT2D eigenvalue weighted by atomic mass is 16.3. The molecule has 0 radical (unpaired) electrons. The molecule has 70 valence electrons. The second-order valence-electron chi connectivity index (χ2n) is 4.81. The van der Waals surface area contributed by atoms with Crippen LogP contribution >= 0.6 is 0 Å². The summed E-state index contributed by atoms with van der Waals surface area (Å²) < 4.78 is 0. The molecule has 0 aromatic heterocycles. The van der Waals surface area contributed by atoms with Gasteiger partial charge in [0.2, 0.25) is 0 Å². The zero-order chi connectivity index (χ0) is 8.60. The van der Waals surface area contributed by atoms with Crippen molar-refractivity contribution in [2.24, 2.45) is 17.3 Å². The molecule has 2 saturated carbocycles. The molecule has 2 fully saturated rings. The average molecular weight is 168 g/mol. The van der Waals surface area contributed by atoms with Crippen LogP contribution in [0.15, 0.2) is 0 Å². The zero-order valence-corrected chi connectivity index (χ0v) is 8.05. The van der Waals surface area contributed by atoms with Crippen molar-refractivity contribution in [1.82, 2.24) is 0 Å². The van der Waals surface area contributed by atoms with E-state index >= 15 is 0 Å². The molecule has 0 amide bonds. The fourth-order valence-electron chi connectivity index (χ4n) is 3.52. The van der Waals surface area contributed by atoms with E-state index < -0.39 is 0 Å². The molecule has 0 aromatic rings. The Bertz CT molecular complexity index is 164. The monoisotopic (exact) mass is 168 g/mol. The summed E-state index contributed by atoms with van der Waals surface area (Å²) in [7, 11) is 0. The minimum absolute atomic E-state index is 0.345. The van der Waals surface area contributed by atoms with Crippen LogP contribution in [0.25, 0.3) is 0 Å². The molecule has 3 atom stereocenters. The van der Waals surface area contributed by atoms with Gasteiger partial charge in [-0.25, -0.2) is 0 Å². The average Bonchev–Trinajstić information content (AvgIpc) is 2.45. The van der Waals surface area contributed by atoms with Gasteiger partial charge in [-0.05, 0) is 42.9 Å². The van der Waals surface area contributed by atoms with Gasteiger partial charge in [-0.2, -0.15) is 0 Å². The van der Waals surface area contributed by atoms with Gasteiger partial charge in [0.25, 0.3) is 0 Å². The summed E-state index contributed by atoms with van der Waals surface area (Å²) in [4.78, 5) is 0. The van der Waals surface area contributed by atoms with Gasteiger partial charge in [-0.15, -0.1) is 0 Å². The van der Waals surface area contributed by atoms with E-state index in [0.29, 0.717) is 12.0 Å². The lowest BCUT2D eigenvalue weighted by Gasteiger charge is -2.41. The summed E-state index contributed by atoms with van der Waals surface area (Å²) in [5, 5.41) is 9.52. The molecule has 1 N–H and O–H groups in total. The molecular formula is C11H20O. The first-order chi connectivity index (χ1) is 5.79. The molecule has 0 aromatic carbocycles. The van der Waals surface area contributed by atoms with Crippen LogP contribution in [0.4, 0.5) is 0 Å². The number of rotatable bonds is 1. The van der Waals surface area contributed by atoms with E-state index in [1.807, 2.05) is 0 Å². The quantitative estimate of drug-likeness (QED) is 0.638. The molecule has 0 bridgehead atoms. The largest absolute Gasteiger partial charge is 0.396 e. The van der Waals surface area contributed by atoms with Crippen LogP contribution in [0.5, 0.6) is 0 Å². The van der Waals surface area contributed by atoms with Crippen molar-refractivity contribution >= 4 is 0 Å². The minimum Gasteiger partial charge on any atom is -0.396 e. The third-order valence-corrected chi connectivity index (χ3v) is 4.48. The van der Waals surface area contributed by atoms with Gasteiger partial charge in [0.1, 0.15) is 0 Å². The molecular weight excluding hydrogens is 148 g/mol. The highest BCUT2D eigenvalue weighted by Gasteiger charge is 2.48. The van der Waals surface area contributed by atoms with Crippen molar-refractivity contribution < 1.29 is 5.11 Å². The number of aliphatic hydroxyl groups excluding tert-OH is 1. The first-order valence-corrected chi connectivity index (χ1v) is 5.40. The van der Waals surface area contributed by atoms with E-state index in [1.165, 1.54) is 38.5 Å². The third-order valence-electron chi connectivity index (χ3n) is 4.48. The normalized spacial score (nSPS) is 47.5. The Balaban J connectivity index is 2.19. The van der Waals surface area contributed by atoms with Gasteiger partial charge in [0.05, 0.1) is 0 Å². The zero-order valence-electron chi connectivity index (χ0n) is 8.05. The van der Waals surface area contributed by atoms with Gasteiger partial charge in [-0.1, -0.05) is 19.8 Å². The minimum atomic E-state index is 0.345. The van der Waals surface area contributed by atoms with Crippen molar-refractivity contribution in [2.45, 2.75) is 45.4 Å². The summed E-state index contributed by atoms with van der Waals surface area (Å²) in [5.41, 5.74) is 0.345. The maximum absolute atomic E-state index is 9.52. The summed E-state index contributed by atoms with van der Waals surface area (Å²) in [6.45, 7) is 2.78. The summed E-state index contributed by atoms with van der Waals surface area (Å²) in [5.74, 6) is 1.62. The standard InChI is InChI=1S/C11H20O/c1-9-5-6-10-4-2-3-7-11(9,10)8-12/h9-10,12H,2-8H2,1H3. The molecule has 2 aliphatic rings. The van der Waals surface area contributed by atoms with Gasteiger partial charge in [0, 0.05) is 6.61 Å². The van der Waals surface area contributed by atoms with Gasteiger partial charge in [0.15, 0.2) is 0 Å². The van der Waals surface area contributed by atoms with Crippen molar-refractivity contribution in [3.63, 3.8) is 0 Å². The highest BCUT2D eigenvalue weighted by molar-refractivity contribution is 4.97. The fraction of sp³-hybridized carbons (Fsp3) is 1.00. The van der Waals surface area contributed by atoms with Crippen LogP contribution in [-0.2, 0) is 0 Å². The van der Waals surface area contributed by atoms with Crippen LogP contribution in [0.2, 0.25) is 0 Å². The third kappa shape index (κ3) is 1.02. The Morgan fingerprint density at radius 3 is 2.75 bits per heavy atom. The van der Waals surface area contributed by atoms with E-state index in [2.05, 4.69) is 6.92 Å². The van der Waals surface area contributed by atoms with E-state index in [4.69, 9.17) is 0 Å². The number of hydrogen-bond donors (Lipinski definition) is 1. The molecule has 1 heteroatoms. The molecule has 12 heavy (non-hydrogen) atoms. The number of hydrogen-bond acceptors (Lipinski definition) is 1. The molecule has 1 nitrogen and oxygen atoms in total. The summed E-state index contributed by atoms with van der Waals surface area (Å²) >= 11 is 0. The van der Waals surface area contributed by atoms with Gasteiger partial charge < -0.3 is 5.11 Å². The van der Waals surface area contributed by atoms with Crippen molar-refractivity contribution in [2.75, 3.05) is 6.61 Å². The summed E-state index contributed by atoms with van der Waals surface area (Å²) in [6, 6.07) is 0. The maximum Gasteiger partial charge on any atom is 0.0492 e. The molecule has 0 spiro atoms. The predicted molar refractivity (Wildman–Crippen MR) is 49.9 cm³/mol. The van der Waals surface area contributed by atoms with Crippen LogP contribution in [0.3, 0.4) is 0 Å². The van der Waals surface area contributed by atoms with E-state index in [0.717, 1.165) is 11.8 Å². The van der Waals surface area contributed by atoms with Crippen molar-refractivity contribution in [1.29, 1.82) is 0 Å². The van der Waals surface area contributed by atoms with E-state index in [9.17, 15) is 5.11 Å². The Morgan fingerprint density at radius 2 is 2.08 bits per heavy atom. The lowest BCUT2D eigenvalue weighted by molar-refractivity contribution is 0.0150. The Hall–Kier alpha value is -0.0400. The first-order valence-electron chi connectivity index (χ1n) is 5.40. The Kier molecular flexibility index (Phi) is 2.16.